The van der Waals surface area contributed by atoms with Crippen LogP contribution in [0.4, 0.5) is 0 Å². The highest BCUT2D eigenvalue weighted by Crippen LogP contribution is 2.35. The summed E-state index contributed by atoms with van der Waals surface area (Å²) >= 11 is 3.36. The molecular weight excluding hydrogens is 242 g/mol. The average molecular weight is 262 g/mol. The molecule has 0 atom stereocenters. The Morgan fingerprint density at radius 3 is 2.57 bits per heavy atom. The Morgan fingerprint density at radius 2 is 2.00 bits per heavy atom. The van der Waals surface area contributed by atoms with Gasteiger partial charge < -0.3 is 5.32 Å². The zero-order valence-electron chi connectivity index (χ0n) is 8.94. The lowest BCUT2D eigenvalue weighted by molar-refractivity contribution is -0.131. The molecule has 82 valence electrons. The quantitative estimate of drug-likeness (QED) is 0.612. The molecule has 1 rings (SSSR count). The van der Waals surface area contributed by atoms with E-state index in [1.165, 1.54) is 19.3 Å². The Hall–Kier alpha value is -0.0500. The fourth-order valence-corrected chi connectivity index (χ4v) is 2.32. The van der Waals surface area contributed by atoms with E-state index in [9.17, 15) is 4.79 Å². The lowest BCUT2D eigenvalue weighted by Crippen LogP contribution is -2.40. The number of nitrogens with one attached hydrogen (secondary N) is 1. The smallest absolute Gasteiger partial charge is 0.225 e. The molecule has 0 unspecified atom stereocenters. The van der Waals surface area contributed by atoms with Gasteiger partial charge in [0.15, 0.2) is 0 Å². The van der Waals surface area contributed by atoms with E-state index < -0.39 is 0 Å². The van der Waals surface area contributed by atoms with Gasteiger partial charge >= 0.3 is 0 Å². The number of carbonyl (C=O) groups excluding carboxylic acids is 1. The third kappa shape index (κ3) is 3.26. The Bertz CT molecular complexity index is 188. The molecule has 0 aromatic carbocycles. The van der Waals surface area contributed by atoms with Crippen LogP contribution in [-0.4, -0.2) is 17.8 Å². The molecule has 1 saturated carbocycles. The number of halogens is 1. The molecule has 1 aliphatic rings. The van der Waals surface area contributed by atoms with E-state index in [0.717, 1.165) is 31.1 Å². The Kier molecular flexibility index (Phi) is 4.93. The number of carbonyl (C=O) groups is 1. The largest absolute Gasteiger partial charge is 0.356 e. The van der Waals surface area contributed by atoms with Crippen LogP contribution in [0.5, 0.6) is 0 Å². The number of alkyl halides is 1. The maximum atomic E-state index is 11.9. The second-order valence-electron chi connectivity index (χ2n) is 4.42. The normalized spacial score (nSPS) is 20.4. The molecule has 0 aromatic rings. The highest BCUT2D eigenvalue weighted by molar-refractivity contribution is 9.09. The van der Waals surface area contributed by atoms with Gasteiger partial charge in [-0.1, -0.05) is 42.1 Å². The van der Waals surface area contributed by atoms with Crippen molar-refractivity contribution >= 4 is 21.8 Å². The van der Waals surface area contributed by atoms with Crippen LogP contribution in [0, 0.1) is 5.41 Å². The summed E-state index contributed by atoms with van der Waals surface area (Å²) in [6.45, 7) is 2.91. The summed E-state index contributed by atoms with van der Waals surface area (Å²) in [4.78, 5) is 11.9. The topological polar surface area (TPSA) is 29.1 Å². The van der Waals surface area contributed by atoms with Crippen LogP contribution >= 0.6 is 15.9 Å². The molecule has 0 radical (unpaired) electrons. The Balaban J connectivity index is 2.33. The summed E-state index contributed by atoms with van der Waals surface area (Å²) in [7, 11) is 0. The van der Waals surface area contributed by atoms with Crippen molar-refractivity contribution in [2.75, 3.05) is 11.9 Å². The number of hydrogen-bond acceptors (Lipinski definition) is 1. The monoisotopic (exact) mass is 261 g/mol. The highest BCUT2D eigenvalue weighted by Gasteiger charge is 2.33. The van der Waals surface area contributed by atoms with Crippen LogP contribution < -0.4 is 5.32 Å². The fraction of sp³-hybridized carbons (Fsp3) is 0.909. The third-order valence-corrected chi connectivity index (χ3v) is 3.66. The molecular formula is C11H20BrNO. The molecule has 1 aliphatic carbocycles. The molecule has 14 heavy (non-hydrogen) atoms. The van der Waals surface area contributed by atoms with Crippen LogP contribution in [0.3, 0.4) is 0 Å². The highest BCUT2D eigenvalue weighted by atomic mass is 79.9. The SMILES string of the molecule is CC1(C(=O)NCCCBr)CCCCC1. The van der Waals surface area contributed by atoms with Crippen LogP contribution in [-0.2, 0) is 4.79 Å². The summed E-state index contributed by atoms with van der Waals surface area (Å²) in [5.74, 6) is 0.262. The lowest BCUT2D eigenvalue weighted by Gasteiger charge is -2.31. The second-order valence-corrected chi connectivity index (χ2v) is 5.21. The predicted octanol–water partition coefficient (Wildman–Crippen LogP) is 2.86. The Morgan fingerprint density at radius 1 is 1.36 bits per heavy atom. The maximum Gasteiger partial charge on any atom is 0.225 e. The first kappa shape index (κ1) is 12.0. The van der Waals surface area contributed by atoms with Gasteiger partial charge in [0, 0.05) is 17.3 Å². The van der Waals surface area contributed by atoms with Crippen LogP contribution in [0.15, 0.2) is 0 Å². The van der Waals surface area contributed by atoms with Crippen molar-refractivity contribution in [2.24, 2.45) is 5.41 Å². The number of rotatable bonds is 4. The van der Waals surface area contributed by atoms with Gasteiger partial charge in [0.1, 0.15) is 0 Å². The first-order valence-electron chi connectivity index (χ1n) is 5.53. The van der Waals surface area contributed by atoms with Crippen LogP contribution in [0.25, 0.3) is 0 Å². The van der Waals surface area contributed by atoms with Gasteiger partial charge in [0.25, 0.3) is 0 Å². The molecule has 2 nitrogen and oxygen atoms in total. The minimum atomic E-state index is -0.0788. The zero-order valence-corrected chi connectivity index (χ0v) is 10.5. The van der Waals surface area contributed by atoms with Gasteiger partial charge in [-0.25, -0.2) is 0 Å². The van der Waals surface area contributed by atoms with Crippen LogP contribution in [0.1, 0.15) is 45.4 Å². The Labute approximate surface area is 95.0 Å². The predicted molar refractivity (Wildman–Crippen MR) is 62.6 cm³/mol. The minimum Gasteiger partial charge on any atom is -0.356 e. The van der Waals surface area contributed by atoms with Gasteiger partial charge in [0.2, 0.25) is 5.91 Å². The molecule has 1 fully saturated rings. The summed E-state index contributed by atoms with van der Waals surface area (Å²) in [5.41, 5.74) is -0.0788. The van der Waals surface area contributed by atoms with Crippen molar-refractivity contribution in [1.29, 1.82) is 0 Å². The third-order valence-electron chi connectivity index (χ3n) is 3.10. The van der Waals surface area contributed by atoms with Gasteiger partial charge in [-0.05, 0) is 19.3 Å². The van der Waals surface area contributed by atoms with E-state index in [1.807, 2.05) is 0 Å². The van der Waals surface area contributed by atoms with E-state index in [1.54, 1.807) is 0 Å². The van der Waals surface area contributed by atoms with Gasteiger partial charge in [-0.3, -0.25) is 4.79 Å². The molecule has 0 heterocycles. The van der Waals surface area contributed by atoms with Crippen molar-refractivity contribution in [2.45, 2.75) is 45.4 Å². The van der Waals surface area contributed by atoms with E-state index in [4.69, 9.17) is 0 Å². The average Bonchev–Trinajstić information content (AvgIpc) is 2.19. The van der Waals surface area contributed by atoms with E-state index >= 15 is 0 Å². The molecule has 0 aliphatic heterocycles. The standard InChI is InChI=1S/C11H20BrNO/c1-11(6-3-2-4-7-11)10(14)13-9-5-8-12/h2-9H2,1H3,(H,13,14). The van der Waals surface area contributed by atoms with Crippen molar-refractivity contribution in [3.8, 4) is 0 Å². The summed E-state index contributed by atoms with van der Waals surface area (Å²) in [6, 6.07) is 0. The summed E-state index contributed by atoms with van der Waals surface area (Å²) in [5, 5.41) is 3.99. The van der Waals surface area contributed by atoms with E-state index in [2.05, 4.69) is 28.2 Å². The van der Waals surface area contributed by atoms with Crippen molar-refractivity contribution < 1.29 is 4.79 Å². The van der Waals surface area contributed by atoms with Crippen molar-refractivity contribution in [3.63, 3.8) is 0 Å². The van der Waals surface area contributed by atoms with Crippen molar-refractivity contribution in [1.82, 2.24) is 5.32 Å². The van der Waals surface area contributed by atoms with Gasteiger partial charge in [0.05, 0.1) is 0 Å². The van der Waals surface area contributed by atoms with Gasteiger partial charge in [-0.15, -0.1) is 0 Å². The maximum absolute atomic E-state index is 11.9. The van der Waals surface area contributed by atoms with Gasteiger partial charge in [-0.2, -0.15) is 0 Å². The van der Waals surface area contributed by atoms with Crippen molar-refractivity contribution in [3.05, 3.63) is 0 Å². The number of hydrogen-bond donors (Lipinski definition) is 1. The molecule has 0 spiro atoms. The lowest BCUT2D eigenvalue weighted by atomic mass is 9.75. The van der Waals surface area contributed by atoms with Crippen LogP contribution in [0.2, 0.25) is 0 Å². The fourth-order valence-electron chi connectivity index (χ4n) is 2.04. The zero-order chi connectivity index (χ0) is 10.4. The summed E-state index contributed by atoms with van der Waals surface area (Å²) in [6.07, 6.45) is 6.86. The second kappa shape index (κ2) is 5.74. The molecule has 0 aromatic heterocycles. The molecule has 0 saturated heterocycles. The number of amides is 1. The minimum absolute atomic E-state index is 0.0788. The summed E-state index contributed by atoms with van der Waals surface area (Å²) < 4.78 is 0. The molecule has 1 amide bonds. The first-order valence-corrected chi connectivity index (χ1v) is 6.65. The first-order chi connectivity index (χ1) is 6.69. The molecule has 0 bridgehead atoms. The van der Waals surface area contributed by atoms with E-state index in [0.29, 0.717) is 0 Å². The molecule has 3 heteroatoms. The van der Waals surface area contributed by atoms with E-state index in [-0.39, 0.29) is 11.3 Å². The molecule has 1 N–H and O–H groups in total.